The Hall–Kier alpha value is -1.19. The summed E-state index contributed by atoms with van der Waals surface area (Å²) in [7, 11) is -3.06. The maximum Gasteiger partial charge on any atom is 0.268 e. The Morgan fingerprint density at radius 2 is 2.28 bits per heavy atom. The van der Waals surface area contributed by atoms with Crippen LogP contribution in [0.3, 0.4) is 0 Å². The lowest BCUT2D eigenvalue weighted by atomic mass is 10.2. The highest BCUT2D eigenvalue weighted by atomic mass is 32.2. The van der Waals surface area contributed by atoms with Gasteiger partial charge in [-0.2, -0.15) is 0 Å². The number of hydrogen-bond acceptors (Lipinski definition) is 6. The Bertz CT molecular complexity index is 449. The molecule has 2 atom stereocenters. The molecule has 0 bridgehead atoms. The van der Waals surface area contributed by atoms with Gasteiger partial charge in [0, 0.05) is 19.0 Å². The second-order valence-electron chi connectivity index (χ2n) is 4.37. The Morgan fingerprint density at radius 3 is 2.89 bits per heavy atom. The van der Waals surface area contributed by atoms with Crippen LogP contribution < -0.4 is 16.1 Å². The van der Waals surface area contributed by atoms with Crippen molar-refractivity contribution in [3.8, 4) is 0 Å². The van der Waals surface area contributed by atoms with Crippen molar-refractivity contribution in [2.24, 2.45) is 0 Å². The van der Waals surface area contributed by atoms with Crippen molar-refractivity contribution in [1.82, 2.24) is 16.1 Å². The molecule has 2 amide bonds. The maximum atomic E-state index is 11.6. The highest BCUT2D eigenvalue weighted by molar-refractivity contribution is 7.91. The minimum Gasteiger partial charge on any atom is -0.342 e. The summed E-state index contributed by atoms with van der Waals surface area (Å²) in [5.41, 5.74) is 2.13. The van der Waals surface area contributed by atoms with Crippen molar-refractivity contribution in [2.45, 2.75) is 18.5 Å². The number of carbonyl (C=O) groups excluding carboxylic acids is 2. The number of sulfone groups is 1. The van der Waals surface area contributed by atoms with E-state index < -0.39 is 27.8 Å². The molecule has 2 aliphatic rings. The first-order valence-corrected chi connectivity index (χ1v) is 7.43. The highest BCUT2D eigenvalue weighted by Crippen LogP contribution is 2.05. The van der Waals surface area contributed by atoms with Gasteiger partial charge in [-0.3, -0.25) is 14.4 Å². The third-order valence-corrected chi connectivity index (χ3v) is 4.54. The van der Waals surface area contributed by atoms with Gasteiger partial charge in [0.05, 0.1) is 11.5 Å². The molecule has 2 saturated heterocycles. The minimum atomic E-state index is -3.06. The zero-order valence-corrected chi connectivity index (χ0v) is 10.5. The van der Waals surface area contributed by atoms with Crippen LogP contribution in [-0.4, -0.2) is 57.0 Å². The minimum absolute atomic E-state index is 0.0308. The molecular weight excluding hydrogens is 262 g/mol. The zero-order valence-electron chi connectivity index (χ0n) is 9.64. The van der Waals surface area contributed by atoms with E-state index in [1.54, 1.807) is 0 Å². The van der Waals surface area contributed by atoms with E-state index in [0.717, 1.165) is 0 Å². The van der Waals surface area contributed by atoms with E-state index in [9.17, 15) is 18.0 Å². The largest absolute Gasteiger partial charge is 0.342 e. The van der Waals surface area contributed by atoms with Gasteiger partial charge >= 0.3 is 0 Å². The van der Waals surface area contributed by atoms with Crippen LogP contribution in [0.1, 0.15) is 6.42 Å². The quantitative estimate of drug-likeness (QED) is 0.517. The summed E-state index contributed by atoms with van der Waals surface area (Å²) >= 11 is 0. The van der Waals surface area contributed by atoms with Crippen LogP contribution in [0.4, 0.5) is 0 Å². The van der Waals surface area contributed by atoms with Crippen LogP contribution in [0.5, 0.6) is 0 Å². The van der Waals surface area contributed by atoms with Gasteiger partial charge in [0.2, 0.25) is 5.91 Å². The molecular formula is C9H15N3O5S. The second-order valence-corrected chi connectivity index (χ2v) is 6.60. The van der Waals surface area contributed by atoms with Crippen LogP contribution >= 0.6 is 0 Å². The first-order valence-electron chi connectivity index (χ1n) is 5.61. The van der Waals surface area contributed by atoms with Crippen LogP contribution in [0, 0.1) is 0 Å². The van der Waals surface area contributed by atoms with E-state index in [4.69, 9.17) is 0 Å². The van der Waals surface area contributed by atoms with E-state index in [1.807, 2.05) is 0 Å². The van der Waals surface area contributed by atoms with E-state index in [-0.39, 0.29) is 30.4 Å². The van der Waals surface area contributed by atoms with Gasteiger partial charge in [-0.25, -0.2) is 13.9 Å². The average Bonchev–Trinajstić information content (AvgIpc) is 2.62. The molecule has 0 aromatic carbocycles. The van der Waals surface area contributed by atoms with Gasteiger partial charge in [0.25, 0.3) is 5.91 Å². The summed E-state index contributed by atoms with van der Waals surface area (Å²) in [4.78, 5) is 27.5. The van der Waals surface area contributed by atoms with Crippen LogP contribution in [0.25, 0.3) is 0 Å². The number of hydroxylamine groups is 1. The molecule has 18 heavy (non-hydrogen) atoms. The van der Waals surface area contributed by atoms with Crippen LogP contribution in [-0.2, 0) is 24.3 Å². The molecule has 2 aliphatic heterocycles. The van der Waals surface area contributed by atoms with E-state index in [0.29, 0.717) is 6.54 Å². The molecule has 2 rings (SSSR count). The standard InChI is InChI=1S/C9H15N3O5S/c13-8(11-7-4-17-12-9(7)14)3-6-5-18(15,16)2-1-10-6/h6-7,10H,1-5H2,(H,11,13)(H,12,14)/t6?,7-/m1/s1. The molecule has 0 aliphatic carbocycles. The average molecular weight is 277 g/mol. The molecule has 1 unspecified atom stereocenters. The smallest absolute Gasteiger partial charge is 0.268 e. The van der Waals surface area contributed by atoms with Gasteiger partial charge < -0.3 is 10.6 Å². The van der Waals surface area contributed by atoms with Gasteiger partial charge in [-0.1, -0.05) is 0 Å². The predicted octanol–water partition coefficient (Wildman–Crippen LogP) is -2.69. The van der Waals surface area contributed by atoms with Crippen molar-refractivity contribution in [3.05, 3.63) is 0 Å². The third-order valence-electron chi connectivity index (χ3n) is 2.81. The fourth-order valence-corrected chi connectivity index (χ4v) is 3.37. The van der Waals surface area contributed by atoms with E-state index in [2.05, 4.69) is 21.0 Å². The molecule has 0 aromatic heterocycles. The van der Waals surface area contributed by atoms with Crippen molar-refractivity contribution in [2.75, 3.05) is 24.7 Å². The number of rotatable bonds is 3. The molecule has 102 valence electrons. The Morgan fingerprint density at radius 1 is 1.50 bits per heavy atom. The molecule has 0 saturated carbocycles. The molecule has 9 heteroatoms. The van der Waals surface area contributed by atoms with E-state index >= 15 is 0 Å². The monoisotopic (exact) mass is 277 g/mol. The van der Waals surface area contributed by atoms with E-state index in [1.165, 1.54) is 0 Å². The van der Waals surface area contributed by atoms with Gasteiger partial charge in [0.1, 0.15) is 12.6 Å². The SMILES string of the molecule is O=C(CC1CS(=O)(=O)CCN1)N[C@@H]1CONC1=O. The zero-order chi connectivity index (χ0) is 13.2. The van der Waals surface area contributed by atoms with Gasteiger partial charge in [0.15, 0.2) is 9.84 Å². The molecule has 0 radical (unpaired) electrons. The number of nitrogens with one attached hydrogen (secondary N) is 3. The predicted molar refractivity (Wildman–Crippen MR) is 61.1 cm³/mol. The van der Waals surface area contributed by atoms with Crippen molar-refractivity contribution >= 4 is 21.7 Å². The van der Waals surface area contributed by atoms with Crippen LogP contribution in [0.2, 0.25) is 0 Å². The van der Waals surface area contributed by atoms with Gasteiger partial charge in [-0.15, -0.1) is 0 Å². The molecule has 2 heterocycles. The molecule has 2 fully saturated rings. The number of carbonyl (C=O) groups is 2. The number of hydrogen-bond donors (Lipinski definition) is 3. The molecule has 0 spiro atoms. The fourth-order valence-electron chi connectivity index (χ4n) is 1.93. The lowest BCUT2D eigenvalue weighted by Crippen LogP contribution is -2.49. The summed E-state index contributed by atoms with van der Waals surface area (Å²) in [5.74, 6) is -0.708. The van der Waals surface area contributed by atoms with Crippen LogP contribution in [0.15, 0.2) is 0 Å². The Balaban J connectivity index is 1.82. The Labute approximate surface area is 104 Å². The summed E-state index contributed by atoms with van der Waals surface area (Å²) in [6.45, 7) is 0.439. The summed E-state index contributed by atoms with van der Waals surface area (Å²) in [6.07, 6.45) is 0.0308. The summed E-state index contributed by atoms with van der Waals surface area (Å²) < 4.78 is 22.8. The number of amides is 2. The Kier molecular flexibility index (Phi) is 3.83. The third kappa shape index (κ3) is 3.40. The molecule has 8 nitrogen and oxygen atoms in total. The van der Waals surface area contributed by atoms with Crippen molar-refractivity contribution in [3.63, 3.8) is 0 Å². The normalized spacial score (nSPS) is 30.8. The highest BCUT2D eigenvalue weighted by Gasteiger charge is 2.30. The first-order chi connectivity index (χ1) is 8.46. The van der Waals surface area contributed by atoms with Gasteiger partial charge in [-0.05, 0) is 0 Å². The van der Waals surface area contributed by atoms with Crippen molar-refractivity contribution < 1.29 is 22.8 Å². The fraction of sp³-hybridized carbons (Fsp3) is 0.778. The lowest BCUT2D eigenvalue weighted by Gasteiger charge is -2.23. The molecule has 3 N–H and O–H groups in total. The molecule has 0 aromatic rings. The maximum absolute atomic E-state index is 11.6. The lowest BCUT2D eigenvalue weighted by molar-refractivity contribution is -0.128. The van der Waals surface area contributed by atoms with Crippen molar-refractivity contribution in [1.29, 1.82) is 0 Å². The first kappa shape index (κ1) is 13.2. The summed E-state index contributed by atoms with van der Waals surface area (Å²) in [5, 5.41) is 5.46. The second kappa shape index (κ2) is 5.21. The summed E-state index contributed by atoms with van der Waals surface area (Å²) in [6, 6.07) is -1.09. The topological polar surface area (TPSA) is 114 Å².